The van der Waals surface area contributed by atoms with Crippen LogP contribution in [0.1, 0.15) is 59.1 Å². The Morgan fingerprint density at radius 3 is 2.85 bits per heavy atom. The number of carbonyl (C=O) groups is 1. The van der Waals surface area contributed by atoms with Gasteiger partial charge in [0.25, 0.3) is 5.91 Å². The minimum absolute atomic E-state index is 0.232. The molecule has 1 amide bonds. The number of thiophene rings is 1. The summed E-state index contributed by atoms with van der Waals surface area (Å²) in [6.07, 6.45) is 8.43. The van der Waals surface area contributed by atoms with E-state index in [1.54, 1.807) is 11.3 Å². The molecular formula is C16H24BrNOS. The predicted octanol–water partition coefficient (Wildman–Crippen LogP) is 4.65. The molecule has 112 valence electrons. The molecule has 2 nitrogen and oxygen atoms in total. The van der Waals surface area contributed by atoms with E-state index in [0.717, 1.165) is 42.6 Å². The van der Waals surface area contributed by atoms with E-state index in [2.05, 4.69) is 28.9 Å². The number of hydrogen-bond donors (Lipinski definition) is 0. The molecule has 0 fully saturated rings. The Labute approximate surface area is 134 Å². The van der Waals surface area contributed by atoms with E-state index in [1.807, 2.05) is 4.90 Å². The Bertz CT molecular complexity index is 420. The molecule has 0 unspecified atom stereocenters. The molecule has 1 aromatic heterocycles. The van der Waals surface area contributed by atoms with Gasteiger partial charge < -0.3 is 4.90 Å². The highest BCUT2D eigenvalue weighted by Crippen LogP contribution is 2.29. The van der Waals surface area contributed by atoms with Gasteiger partial charge in [-0.05, 0) is 43.7 Å². The van der Waals surface area contributed by atoms with Crippen molar-refractivity contribution in [2.45, 2.75) is 51.9 Å². The van der Waals surface area contributed by atoms with Crippen LogP contribution < -0.4 is 0 Å². The molecule has 1 aliphatic rings. The van der Waals surface area contributed by atoms with Crippen LogP contribution in [0.15, 0.2) is 6.07 Å². The van der Waals surface area contributed by atoms with Crippen LogP contribution in [0.4, 0.5) is 0 Å². The first kappa shape index (κ1) is 16.0. The van der Waals surface area contributed by atoms with Gasteiger partial charge in [-0.3, -0.25) is 4.79 Å². The summed E-state index contributed by atoms with van der Waals surface area (Å²) >= 11 is 5.20. The quantitative estimate of drug-likeness (QED) is 0.535. The third-order valence-corrected chi connectivity index (χ3v) is 5.46. The van der Waals surface area contributed by atoms with E-state index in [0.29, 0.717) is 0 Å². The second kappa shape index (κ2) is 8.18. The van der Waals surface area contributed by atoms with Crippen LogP contribution in [-0.2, 0) is 12.8 Å². The van der Waals surface area contributed by atoms with E-state index < -0.39 is 0 Å². The van der Waals surface area contributed by atoms with Gasteiger partial charge >= 0.3 is 0 Å². The van der Waals surface area contributed by atoms with Crippen molar-refractivity contribution >= 4 is 33.2 Å². The second-order valence-corrected chi connectivity index (χ2v) is 7.38. The summed E-state index contributed by atoms with van der Waals surface area (Å²) in [5.74, 6) is 0.232. The number of alkyl halides is 1. The number of aryl methyl sites for hydroxylation is 2. The summed E-state index contributed by atoms with van der Waals surface area (Å²) in [5.41, 5.74) is 1.44. The molecule has 0 N–H and O–H groups in total. The summed E-state index contributed by atoms with van der Waals surface area (Å²) < 4.78 is 0. The zero-order chi connectivity index (χ0) is 14.4. The van der Waals surface area contributed by atoms with Crippen molar-refractivity contribution in [2.75, 3.05) is 18.4 Å². The molecular weight excluding hydrogens is 334 g/mol. The largest absolute Gasteiger partial charge is 0.337 e. The van der Waals surface area contributed by atoms with E-state index in [1.165, 1.54) is 36.1 Å². The van der Waals surface area contributed by atoms with Crippen molar-refractivity contribution < 1.29 is 4.79 Å². The SMILES string of the molecule is CCCCN(CCBr)C(=O)c1cc2c(s1)CCCCC2. The molecule has 20 heavy (non-hydrogen) atoms. The number of rotatable bonds is 6. The summed E-state index contributed by atoms with van der Waals surface area (Å²) in [6.45, 7) is 3.86. The molecule has 0 saturated heterocycles. The van der Waals surface area contributed by atoms with Gasteiger partial charge in [0.15, 0.2) is 0 Å². The third-order valence-electron chi connectivity index (χ3n) is 3.88. The number of halogens is 1. The molecule has 1 aromatic rings. The standard InChI is InChI=1S/C16H24BrNOS/c1-2-3-10-18(11-9-17)16(19)15-12-13-7-5-4-6-8-14(13)20-15/h12H,2-11H2,1H3. The van der Waals surface area contributed by atoms with Gasteiger partial charge in [-0.2, -0.15) is 0 Å². The highest BCUT2D eigenvalue weighted by atomic mass is 79.9. The first-order chi connectivity index (χ1) is 9.76. The predicted molar refractivity (Wildman–Crippen MR) is 90.2 cm³/mol. The lowest BCUT2D eigenvalue weighted by Gasteiger charge is -2.20. The molecule has 0 aromatic carbocycles. The smallest absolute Gasteiger partial charge is 0.263 e. The van der Waals surface area contributed by atoms with Crippen LogP contribution >= 0.6 is 27.3 Å². The molecule has 0 atom stereocenters. The molecule has 2 rings (SSSR count). The summed E-state index contributed by atoms with van der Waals surface area (Å²) in [7, 11) is 0. The molecule has 0 aliphatic heterocycles. The highest BCUT2D eigenvalue weighted by molar-refractivity contribution is 9.09. The van der Waals surface area contributed by atoms with E-state index >= 15 is 0 Å². The number of fused-ring (bicyclic) bond motifs is 1. The average molecular weight is 358 g/mol. The van der Waals surface area contributed by atoms with Crippen LogP contribution in [0.5, 0.6) is 0 Å². The van der Waals surface area contributed by atoms with Gasteiger partial charge in [-0.15, -0.1) is 11.3 Å². The minimum atomic E-state index is 0.232. The Balaban J connectivity index is 2.10. The fourth-order valence-corrected chi connectivity index (χ4v) is 4.34. The van der Waals surface area contributed by atoms with Crippen LogP contribution in [0.2, 0.25) is 0 Å². The van der Waals surface area contributed by atoms with E-state index in [-0.39, 0.29) is 5.91 Å². The Morgan fingerprint density at radius 2 is 2.10 bits per heavy atom. The van der Waals surface area contributed by atoms with Crippen LogP contribution in [0.25, 0.3) is 0 Å². The lowest BCUT2D eigenvalue weighted by atomic mass is 10.1. The minimum Gasteiger partial charge on any atom is -0.337 e. The van der Waals surface area contributed by atoms with Gasteiger partial charge in [-0.25, -0.2) is 0 Å². The maximum Gasteiger partial charge on any atom is 0.263 e. The first-order valence-corrected chi connectivity index (χ1v) is 9.67. The number of nitrogens with zero attached hydrogens (tertiary/aromatic N) is 1. The molecule has 1 aliphatic carbocycles. The van der Waals surface area contributed by atoms with Gasteiger partial charge in [0.2, 0.25) is 0 Å². The molecule has 0 radical (unpaired) electrons. The molecule has 0 spiro atoms. The third kappa shape index (κ3) is 4.08. The van der Waals surface area contributed by atoms with E-state index in [4.69, 9.17) is 0 Å². The molecule has 4 heteroatoms. The summed E-state index contributed by atoms with van der Waals surface area (Å²) in [6, 6.07) is 2.17. The van der Waals surface area contributed by atoms with Gasteiger partial charge in [0, 0.05) is 23.3 Å². The first-order valence-electron chi connectivity index (χ1n) is 7.73. The summed E-state index contributed by atoms with van der Waals surface area (Å²) in [4.78, 5) is 17.1. The number of unbranched alkanes of at least 4 members (excludes halogenated alkanes) is 1. The van der Waals surface area contributed by atoms with Gasteiger partial charge in [0.05, 0.1) is 4.88 Å². The molecule has 0 saturated carbocycles. The zero-order valence-corrected chi connectivity index (χ0v) is 14.7. The lowest BCUT2D eigenvalue weighted by molar-refractivity contribution is 0.0769. The van der Waals surface area contributed by atoms with E-state index in [9.17, 15) is 4.79 Å². The van der Waals surface area contributed by atoms with Crippen molar-refractivity contribution in [2.24, 2.45) is 0 Å². The fourth-order valence-electron chi connectivity index (χ4n) is 2.69. The van der Waals surface area contributed by atoms with Crippen molar-refractivity contribution in [3.05, 3.63) is 21.4 Å². The van der Waals surface area contributed by atoms with Crippen molar-refractivity contribution in [3.8, 4) is 0 Å². The zero-order valence-electron chi connectivity index (χ0n) is 12.3. The Morgan fingerprint density at radius 1 is 1.30 bits per heavy atom. The Kier molecular flexibility index (Phi) is 6.56. The maximum absolute atomic E-state index is 12.7. The van der Waals surface area contributed by atoms with Crippen LogP contribution in [0.3, 0.4) is 0 Å². The number of amides is 1. The molecule has 1 heterocycles. The monoisotopic (exact) mass is 357 g/mol. The Hall–Kier alpha value is -0.350. The number of carbonyl (C=O) groups excluding carboxylic acids is 1. The topological polar surface area (TPSA) is 20.3 Å². The number of hydrogen-bond acceptors (Lipinski definition) is 2. The molecule has 0 bridgehead atoms. The second-order valence-electron chi connectivity index (χ2n) is 5.45. The summed E-state index contributed by atoms with van der Waals surface area (Å²) in [5, 5.41) is 0.855. The van der Waals surface area contributed by atoms with Crippen LogP contribution in [-0.4, -0.2) is 29.2 Å². The van der Waals surface area contributed by atoms with Gasteiger partial charge in [0.1, 0.15) is 0 Å². The fraction of sp³-hybridized carbons (Fsp3) is 0.688. The normalized spacial score (nSPS) is 14.7. The van der Waals surface area contributed by atoms with Crippen molar-refractivity contribution in [3.63, 3.8) is 0 Å². The van der Waals surface area contributed by atoms with Crippen molar-refractivity contribution in [1.29, 1.82) is 0 Å². The average Bonchev–Trinajstić information content (AvgIpc) is 2.74. The van der Waals surface area contributed by atoms with Gasteiger partial charge in [-0.1, -0.05) is 35.7 Å². The van der Waals surface area contributed by atoms with Crippen LogP contribution in [0, 0.1) is 0 Å². The highest BCUT2D eigenvalue weighted by Gasteiger charge is 2.20. The maximum atomic E-state index is 12.7. The lowest BCUT2D eigenvalue weighted by Crippen LogP contribution is -2.33. The van der Waals surface area contributed by atoms with Crippen molar-refractivity contribution in [1.82, 2.24) is 4.90 Å².